The van der Waals surface area contributed by atoms with Crippen LogP contribution >= 0.6 is 0 Å². The number of nitrogens with zero attached hydrogens (tertiary/aromatic N) is 1. The van der Waals surface area contributed by atoms with Crippen LogP contribution in [-0.2, 0) is 4.74 Å². The molecule has 0 spiro atoms. The van der Waals surface area contributed by atoms with Crippen molar-refractivity contribution in [3.63, 3.8) is 0 Å². The normalized spacial score (nSPS) is 28.2. The van der Waals surface area contributed by atoms with E-state index in [0.717, 1.165) is 19.4 Å². The molecule has 88 valence electrons. The number of unbranched alkanes of at least 4 members (excludes halogenated alkanes) is 1. The van der Waals surface area contributed by atoms with Gasteiger partial charge in [-0.1, -0.05) is 27.2 Å². The molecule has 0 aliphatic heterocycles. The summed E-state index contributed by atoms with van der Waals surface area (Å²) in [6.45, 7) is 7.32. The van der Waals surface area contributed by atoms with Crippen molar-refractivity contribution in [3.05, 3.63) is 0 Å². The van der Waals surface area contributed by atoms with Gasteiger partial charge in [-0.15, -0.1) is 0 Å². The highest BCUT2D eigenvalue weighted by Gasteiger charge is 2.49. The first-order valence-corrected chi connectivity index (χ1v) is 5.68. The van der Waals surface area contributed by atoms with Crippen molar-refractivity contribution in [3.8, 4) is 0 Å². The molecule has 0 saturated heterocycles. The molecule has 0 aromatic heterocycles. The van der Waals surface area contributed by atoms with E-state index < -0.39 is 0 Å². The van der Waals surface area contributed by atoms with Gasteiger partial charge in [0.2, 0.25) is 0 Å². The fourth-order valence-electron chi connectivity index (χ4n) is 1.92. The number of ether oxygens (including phenoxy) is 1. The Hall–Kier alpha value is -0.770. The van der Waals surface area contributed by atoms with E-state index in [4.69, 9.17) is 16.2 Å². The first-order chi connectivity index (χ1) is 6.98. The maximum absolute atomic E-state index is 5.79. The van der Waals surface area contributed by atoms with E-state index in [1.54, 1.807) is 0 Å². The number of hydrogen-bond acceptors (Lipinski definition) is 2. The van der Waals surface area contributed by atoms with Crippen molar-refractivity contribution in [1.29, 1.82) is 0 Å². The lowest BCUT2D eigenvalue weighted by atomic mass is 9.65. The first kappa shape index (κ1) is 12.3. The lowest BCUT2D eigenvalue weighted by Gasteiger charge is -2.49. The Labute approximate surface area is 92.1 Å². The van der Waals surface area contributed by atoms with Crippen molar-refractivity contribution in [2.45, 2.75) is 52.2 Å². The highest BCUT2D eigenvalue weighted by atomic mass is 16.5. The van der Waals surface area contributed by atoms with E-state index in [-0.39, 0.29) is 17.4 Å². The monoisotopic (exact) mass is 213 g/mol. The Balaban J connectivity index is 2.38. The predicted molar refractivity (Wildman–Crippen MR) is 62.6 cm³/mol. The van der Waals surface area contributed by atoms with Crippen molar-refractivity contribution < 1.29 is 4.74 Å². The molecule has 1 saturated carbocycles. The van der Waals surface area contributed by atoms with Gasteiger partial charge in [0.05, 0.1) is 12.1 Å². The van der Waals surface area contributed by atoms with Gasteiger partial charge in [-0.2, -0.15) is 0 Å². The predicted octanol–water partition coefficient (Wildman–Crippen LogP) is 1.24. The van der Waals surface area contributed by atoms with Crippen LogP contribution < -0.4 is 11.5 Å². The lowest BCUT2D eigenvalue weighted by molar-refractivity contribution is -0.107. The summed E-state index contributed by atoms with van der Waals surface area (Å²) >= 11 is 0. The van der Waals surface area contributed by atoms with Crippen LogP contribution in [0.25, 0.3) is 0 Å². The zero-order valence-electron chi connectivity index (χ0n) is 9.99. The molecule has 0 heterocycles. The van der Waals surface area contributed by atoms with Gasteiger partial charge in [0.1, 0.15) is 0 Å². The van der Waals surface area contributed by atoms with Gasteiger partial charge in [0.15, 0.2) is 5.96 Å². The highest BCUT2D eigenvalue weighted by molar-refractivity contribution is 5.76. The topological polar surface area (TPSA) is 73.6 Å². The molecule has 4 N–H and O–H groups in total. The van der Waals surface area contributed by atoms with Crippen LogP contribution in [0.5, 0.6) is 0 Å². The van der Waals surface area contributed by atoms with Gasteiger partial charge in [0, 0.05) is 12.0 Å². The molecule has 1 aliphatic carbocycles. The number of aliphatic imine (C=N–C) groups is 1. The maximum Gasteiger partial charge on any atom is 0.186 e. The summed E-state index contributed by atoms with van der Waals surface area (Å²) in [5.41, 5.74) is 10.8. The van der Waals surface area contributed by atoms with Crippen LogP contribution in [-0.4, -0.2) is 24.7 Å². The summed E-state index contributed by atoms with van der Waals surface area (Å²) in [6.07, 6.45) is 3.54. The Morgan fingerprint density at radius 3 is 2.60 bits per heavy atom. The molecule has 0 radical (unpaired) electrons. The van der Waals surface area contributed by atoms with Crippen LogP contribution in [0.2, 0.25) is 0 Å². The molecule has 0 aromatic rings. The summed E-state index contributed by atoms with van der Waals surface area (Å²) < 4.78 is 5.79. The van der Waals surface area contributed by atoms with Crippen molar-refractivity contribution in [1.82, 2.24) is 0 Å². The second-order valence-electron chi connectivity index (χ2n) is 4.84. The van der Waals surface area contributed by atoms with Gasteiger partial charge >= 0.3 is 0 Å². The molecule has 2 unspecified atom stereocenters. The zero-order chi connectivity index (χ0) is 11.5. The van der Waals surface area contributed by atoms with E-state index in [0.29, 0.717) is 6.10 Å². The van der Waals surface area contributed by atoms with Gasteiger partial charge in [-0.05, 0) is 12.8 Å². The van der Waals surface area contributed by atoms with E-state index >= 15 is 0 Å². The molecule has 0 bridgehead atoms. The Bertz CT molecular complexity index is 234. The average molecular weight is 213 g/mol. The summed E-state index contributed by atoms with van der Waals surface area (Å²) in [4.78, 5) is 4.21. The van der Waals surface area contributed by atoms with Gasteiger partial charge in [-0.3, -0.25) is 0 Å². The SMILES string of the molecule is CCCCOC1CC(N=C(N)N)C1(C)C. The number of guanidine groups is 1. The molecular formula is C11H23N3O. The van der Waals surface area contributed by atoms with Crippen molar-refractivity contribution in [2.75, 3.05) is 6.61 Å². The molecular weight excluding hydrogens is 190 g/mol. The molecule has 1 rings (SSSR count). The molecule has 4 heteroatoms. The van der Waals surface area contributed by atoms with Crippen molar-refractivity contribution in [2.24, 2.45) is 21.9 Å². The summed E-state index contributed by atoms with van der Waals surface area (Å²) in [7, 11) is 0. The Morgan fingerprint density at radius 2 is 2.13 bits per heavy atom. The summed E-state index contributed by atoms with van der Waals surface area (Å²) in [5.74, 6) is 0.181. The summed E-state index contributed by atoms with van der Waals surface area (Å²) in [5, 5.41) is 0. The third kappa shape index (κ3) is 2.84. The van der Waals surface area contributed by atoms with Gasteiger partial charge in [-0.25, -0.2) is 4.99 Å². The third-order valence-electron chi connectivity index (χ3n) is 3.25. The van der Waals surface area contributed by atoms with Crippen LogP contribution in [0.1, 0.15) is 40.0 Å². The fraction of sp³-hybridized carbons (Fsp3) is 0.909. The quantitative estimate of drug-likeness (QED) is 0.410. The smallest absolute Gasteiger partial charge is 0.186 e. The molecule has 1 aliphatic rings. The zero-order valence-corrected chi connectivity index (χ0v) is 9.99. The second-order valence-corrected chi connectivity index (χ2v) is 4.84. The minimum absolute atomic E-state index is 0.0672. The molecule has 4 nitrogen and oxygen atoms in total. The van der Waals surface area contributed by atoms with Crippen LogP contribution in [0, 0.1) is 5.41 Å². The Kier molecular flexibility index (Phi) is 3.97. The highest BCUT2D eigenvalue weighted by Crippen LogP contribution is 2.44. The van der Waals surface area contributed by atoms with Gasteiger partial charge < -0.3 is 16.2 Å². The van der Waals surface area contributed by atoms with E-state index in [1.165, 1.54) is 6.42 Å². The molecule has 0 aromatic carbocycles. The first-order valence-electron chi connectivity index (χ1n) is 5.68. The second kappa shape index (κ2) is 4.84. The molecule has 1 fully saturated rings. The average Bonchev–Trinajstić information content (AvgIpc) is 2.15. The molecule has 15 heavy (non-hydrogen) atoms. The van der Waals surface area contributed by atoms with Crippen LogP contribution in [0.15, 0.2) is 4.99 Å². The van der Waals surface area contributed by atoms with Crippen LogP contribution in [0.4, 0.5) is 0 Å². The van der Waals surface area contributed by atoms with Gasteiger partial charge in [0.25, 0.3) is 0 Å². The maximum atomic E-state index is 5.79. The number of hydrogen-bond donors (Lipinski definition) is 2. The largest absolute Gasteiger partial charge is 0.377 e. The molecule has 2 atom stereocenters. The molecule has 0 amide bonds. The third-order valence-corrected chi connectivity index (χ3v) is 3.25. The van der Waals surface area contributed by atoms with E-state index in [9.17, 15) is 0 Å². The lowest BCUT2D eigenvalue weighted by Crippen LogP contribution is -2.54. The van der Waals surface area contributed by atoms with Crippen molar-refractivity contribution >= 4 is 5.96 Å². The minimum atomic E-state index is 0.0672. The Morgan fingerprint density at radius 1 is 1.47 bits per heavy atom. The fourth-order valence-corrected chi connectivity index (χ4v) is 1.92. The van der Waals surface area contributed by atoms with E-state index in [1.807, 2.05) is 0 Å². The van der Waals surface area contributed by atoms with Crippen LogP contribution in [0.3, 0.4) is 0 Å². The standard InChI is InChI=1S/C11H23N3O/c1-4-5-6-15-9-7-8(11(9,2)3)14-10(12)13/h8-9H,4-7H2,1-3H3,(H4,12,13,14). The number of nitrogens with two attached hydrogens (primary N) is 2. The number of rotatable bonds is 5. The van der Waals surface area contributed by atoms with E-state index in [2.05, 4.69) is 25.8 Å². The minimum Gasteiger partial charge on any atom is -0.377 e. The summed E-state index contributed by atoms with van der Waals surface area (Å²) in [6, 6.07) is 0.217.